The van der Waals surface area contributed by atoms with E-state index in [0.29, 0.717) is 28.9 Å². The first-order valence-corrected chi connectivity index (χ1v) is 10.8. The van der Waals surface area contributed by atoms with Crippen LogP contribution in [0.15, 0.2) is 51.7 Å². The first-order valence-electron chi connectivity index (χ1n) is 10.8. The number of fused-ring (bicyclic) bond motifs is 2. The Morgan fingerprint density at radius 2 is 1.87 bits per heavy atom. The molecule has 5 rings (SSSR count). The van der Waals surface area contributed by atoms with Gasteiger partial charge in [-0.15, -0.1) is 0 Å². The fraction of sp³-hybridized carbons (Fsp3) is 0.320. The minimum Gasteiger partial charge on any atom is -0.423 e. The summed E-state index contributed by atoms with van der Waals surface area (Å²) in [6.07, 6.45) is 5.59. The van der Waals surface area contributed by atoms with Gasteiger partial charge in [0, 0.05) is 35.8 Å². The average Bonchev–Trinajstić information content (AvgIpc) is 3.10. The van der Waals surface area contributed by atoms with Gasteiger partial charge in [0.25, 0.3) is 11.8 Å². The molecule has 2 heterocycles. The lowest BCUT2D eigenvalue weighted by Crippen LogP contribution is -2.37. The Hall–Kier alpha value is -3.41. The number of rotatable bonds is 3. The molecule has 1 aromatic heterocycles. The number of amides is 2. The van der Waals surface area contributed by atoms with Crippen molar-refractivity contribution in [3.63, 3.8) is 0 Å². The van der Waals surface area contributed by atoms with Gasteiger partial charge in [0.15, 0.2) is 0 Å². The van der Waals surface area contributed by atoms with Crippen molar-refractivity contribution in [3.8, 4) is 0 Å². The zero-order valence-corrected chi connectivity index (χ0v) is 17.4. The van der Waals surface area contributed by atoms with E-state index in [2.05, 4.69) is 5.32 Å². The second-order valence-electron chi connectivity index (χ2n) is 8.48. The van der Waals surface area contributed by atoms with Crippen LogP contribution in [0.4, 0.5) is 5.69 Å². The predicted octanol–water partition coefficient (Wildman–Crippen LogP) is 4.64. The molecule has 2 aromatic carbocycles. The van der Waals surface area contributed by atoms with E-state index in [1.165, 1.54) is 12.5 Å². The number of carbonyl (C=O) groups is 2. The van der Waals surface area contributed by atoms with Crippen molar-refractivity contribution in [2.75, 3.05) is 5.32 Å². The molecule has 31 heavy (non-hydrogen) atoms. The van der Waals surface area contributed by atoms with E-state index in [9.17, 15) is 14.4 Å². The van der Waals surface area contributed by atoms with Gasteiger partial charge >= 0.3 is 5.63 Å². The van der Waals surface area contributed by atoms with E-state index >= 15 is 0 Å². The summed E-state index contributed by atoms with van der Waals surface area (Å²) in [5, 5.41) is 3.68. The molecular weight excluding hydrogens is 392 g/mol. The van der Waals surface area contributed by atoms with Crippen LogP contribution >= 0.6 is 0 Å². The number of nitrogens with one attached hydrogen (secondary N) is 1. The van der Waals surface area contributed by atoms with Crippen molar-refractivity contribution in [2.45, 2.75) is 51.6 Å². The summed E-state index contributed by atoms with van der Waals surface area (Å²) in [5.74, 6) is -0.391. The van der Waals surface area contributed by atoms with Crippen molar-refractivity contribution in [1.82, 2.24) is 4.90 Å². The Bertz CT molecular complexity index is 1250. The highest BCUT2D eigenvalue weighted by molar-refractivity contribution is 6.14. The Labute approximate surface area is 179 Å². The summed E-state index contributed by atoms with van der Waals surface area (Å²) < 4.78 is 5.28. The van der Waals surface area contributed by atoms with Gasteiger partial charge in [-0.1, -0.05) is 31.4 Å². The third-order valence-corrected chi connectivity index (χ3v) is 6.44. The molecule has 2 aliphatic rings. The lowest BCUT2D eigenvalue weighted by Gasteiger charge is -2.30. The van der Waals surface area contributed by atoms with Crippen molar-refractivity contribution >= 4 is 28.5 Å². The number of nitrogens with zero attached hydrogens (tertiary/aromatic N) is 1. The van der Waals surface area contributed by atoms with Crippen LogP contribution in [0.5, 0.6) is 0 Å². The number of benzene rings is 2. The SMILES string of the molecule is Cc1cc(=O)oc2cc(NC(=O)c3cccc4c3C(=O)N(C3CCCCC3)C4)ccc12. The van der Waals surface area contributed by atoms with Crippen LogP contribution in [0.2, 0.25) is 0 Å². The minimum absolute atomic E-state index is 0.0483. The van der Waals surface area contributed by atoms with E-state index in [-0.39, 0.29) is 17.9 Å². The van der Waals surface area contributed by atoms with Gasteiger partial charge in [0.05, 0.1) is 11.1 Å². The third kappa shape index (κ3) is 3.52. The maximum Gasteiger partial charge on any atom is 0.336 e. The van der Waals surface area contributed by atoms with Gasteiger partial charge in [-0.2, -0.15) is 0 Å². The summed E-state index contributed by atoms with van der Waals surface area (Å²) in [6, 6.07) is 12.4. The normalized spacial score (nSPS) is 16.5. The molecule has 0 saturated heterocycles. The minimum atomic E-state index is -0.428. The molecule has 6 nitrogen and oxygen atoms in total. The zero-order chi connectivity index (χ0) is 21.5. The molecule has 1 fully saturated rings. The van der Waals surface area contributed by atoms with Crippen molar-refractivity contribution in [1.29, 1.82) is 0 Å². The van der Waals surface area contributed by atoms with Crippen molar-refractivity contribution in [2.24, 2.45) is 0 Å². The molecule has 0 unspecified atom stereocenters. The van der Waals surface area contributed by atoms with E-state index in [0.717, 1.165) is 42.2 Å². The largest absolute Gasteiger partial charge is 0.423 e. The smallest absolute Gasteiger partial charge is 0.336 e. The highest BCUT2D eigenvalue weighted by atomic mass is 16.4. The van der Waals surface area contributed by atoms with E-state index in [1.807, 2.05) is 30.0 Å². The number of carbonyl (C=O) groups excluding carboxylic acids is 2. The summed E-state index contributed by atoms with van der Waals surface area (Å²) in [7, 11) is 0. The molecule has 2 amide bonds. The monoisotopic (exact) mass is 416 g/mol. The van der Waals surface area contributed by atoms with Crippen LogP contribution < -0.4 is 10.9 Å². The molecule has 6 heteroatoms. The molecule has 0 bridgehead atoms. The quantitative estimate of drug-likeness (QED) is 0.631. The Morgan fingerprint density at radius 3 is 2.68 bits per heavy atom. The van der Waals surface area contributed by atoms with Crippen LogP contribution in [0.25, 0.3) is 11.0 Å². The number of hydrogen-bond donors (Lipinski definition) is 1. The Morgan fingerprint density at radius 1 is 1.06 bits per heavy atom. The lowest BCUT2D eigenvalue weighted by molar-refractivity contribution is 0.0657. The van der Waals surface area contributed by atoms with E-state index in [4.69, 9.17) is 4.42 Å². The third-order valence-electron chi connectivity index (χ3n) is 6.44. The van der Waals surface area contributed by atoms with Gasteiger partial charge < -0.3 is 14.6 Å². The fourth-order valence-corrected chi connectivity index (χ4v) is 4.86. The fourth-order valence-electron chi connectivity index (χ4n) is 4.86. The Kier molecular flexibility index (Phi) is 4.85. The van der Waals surface area contributed by atoms with Crippen LogP contribution in [-0.4, -0.2) is 22.8 Å². The van der Waals surface area contributed by atoms with Gasteiger partial charge in [-0.05, 0) is 49.1 Å². The predicted molar refractivity (Wildman–Crippen MR) is 118 cm³/mol. The molecule has 1 N–H and O–H groups in total. The van der Waals surface area contributed by atoms with Gasteiger partial charge in [0.1, 0.15) is 5.58 Å². The highest BCUT2D eigenvalue weighted by Crippen LogP contribution is 2.33. The molecule has 1 saturated carbocycles. The van der Waals surface area contributed by atoms with Gasteiger partial charge in [-0.25, -0.2) is 4.79 Å². The summed E-state index contributed by atoms with van der Waals surface area (Å²) in [6.45, 7) is 2.41. The molecule has 0 atom stereocenters. The van der Waals surface area contributed by atoms with Crippen LogP contribution in [0, 0.1) is 6.92 Å². The molecule has 1 aliphatic carbocycles. The van der Waals surface area contributed by atoms with Gasteiger partial charge in [-0.3, -0.25) is 9.59 Å². The molecular formula is C25H24N2O4. The molecule has 3 aromatic rings. The van der Waals surface area contributed by atoms with Crippen LogP contribution in [-0.2, 0) is 6.54 Å². The first-order chi connectivity index (χ1) is 15.0. The van der Waals surface area contributed by atoms with Crippen molar-refractivity contribution in [3.05, 3.63) is 75.1 Å². The topological polar surface area (TPSA) is 79.6 Å². The number of hydrogen-bond acceptors (Lipinski definition) is 4. The maximum atomic E-state index is 13.2. The van der Waals surface area contributed by atoms with Crippen LogP contribution in [0.3, 0.4) is 0 Å². The van der Waals surface area contributed by atoms with Gasteiger partial charge in [0.2, 0.25) is 0 Å². The molecule has 1 aliphatic heterocycles. The zero-order valence-electron chi connectivity index (χ0n) is 17.4. The summed E-state index contributed by atoms with van der Waals surface area (Å²) in [5.41, 5.74) is 3.11. The summed E-state index contributed by atoms with van der Waals surface area (Å²) in [4.78, 5) is 39.9. The molecule has 0 radical (unpaired) electrons. The molecule has 0 spiro atoms. The van der Waals surface area contributed by atoms with Crippen LogP contribution in [0.1, 0.15) is 63.9 Å². The van der Waals surface area contributed by atoms with E-state index < -0.39 is 5.63 Å². The average molecular weight is 416 g/mol. The van der Waals surface area contributed by atoms with Crippen molar-refractivity contribution < 1.29 is 14.0 Å². The lowest BCUT2D eigenvalue weighted by atomic mass is 9.94. The maximum absolute atomic E-state index is 13.2. The molecule has 158 valence electrons. The van der Waals surface area contributed by atoms with E-state index in [1.54, 1.807) is 18.2 Å². The number of aryl methyl sites for hydroxylation is 1. The Balaban J connectivity index is 1.43. The second-order valence-corrected chi connectivity index (χ2v) is 8.48. The highest BCUT2D eigenvalue weighted by Gasteiger charge is 2.36. The second kappa shape index (κ2) is 7.69. The standard InChI is InChI=1S/C25H24N2O4/c1-15-12-22(28)31-21-13-17(10-11-19(15)21)26-24(29)20-9-5-6-16-14-27(25(30)23(16)20)18-7-3-2-4-8-18/h5-6,9-13,18H,2-4,7-8,14H2,1H3,(H,26,29). The number of anilines is 1. The first kappa shape index (κ1) is 19.5. The summed E-state index contributed by atoms with van der Waals surface area (Å²) >= 11 is 0.